The van der Waals surface area contributed by atoms with Crippen LogP contribution in [0.5, 0.6) is 5.75 Å². The van der Waals surface area contributed by atoms with E-state index in [4.69, 9.17) is 9.57 Å². The summed E-state index contributed by atoms with van der Waals surface area (Å²) >= 11 is 1.54. The largest absolute Gasteiger partial charge is 0.438 e. The van der Waals surface area contributed by atoms with Crippen molar-refractivity contribution in [3.8, 4) is 16.3 Å². The minimum atomic E-state index is -3.34. The summed E-state index contributed by atoms with van der Waals surface area (Å²) in [6.07, 6.45) is 5.70. The van der Waals surface area contributed by atoms with Gasteiger partial charge in [-0.05, 0) is 12.1 Å². The van der Waals surface area contributed by atoms with Crippen LogP contribution in [0.15, 0.2) is 71.8 Å². The molecule has 2 aromatic heterocycles. The van der Waals surface area contributed by atoms with Crippen molar-refractivity contribution in [3.63, 3.8) is 0 Å². The highest BCUT2D eigenvalue weighted by atomic mass is 32.2. The SMILES string of the molecule is CS(=O)(=O)c1ccc(OC2=C[C@H](c3cnc(-c4ccccc4)s3)ON2)cn1. The van der Waals surface area contributed by atoms with Crippen LogP contribution < -0.4 is 10.2 Å². The minimum absolute atomic E-state index is 0.00422. The van der Waals surface area contributed by atoms with E-state index < -0.39 is 9.84 Å². The molecule has 1 aromatic carbocycles. The fourth-order valence-electron chi connectivity index (χ4n) is 2.43. The van der Waals surface area contributed by atoms with Gasteiger partial charge in [-0.2, -0.15) is 0 Å². The Bertz CT molecular complexity index is 1080. The summed E-state index contributed by atoms with van der Waals surface area (Å²) in [5.74, 6) is 0.809. The Morgan fingerprint density at radius 3 is 2.63 bits per heavy atom. The van der Waals surface area contributed by atoms with E-state index in [0.717, 1.165) is 21.7 Å². The molecule has 1 aliphatic rings. The molecule has 0 unspecified atom stereocenters. The zero-order chi connectivity index (χ0) is 18.9. The molecule has 0 aliphatic carbocycles. The van der Waals surface area contributed by atoms with Crippen molar-refractivity contribution in [2.75, 3.05) is 6.26 Å². The minimum Gasteiger partial charge on any atom is -0.438 e. The molecule has 138 valence electrons. The lowest BCUT2D eigenvalue weighted by molar-refractivity contribution is 0.0289. The highest BCUT2D eigenvalue weighted by Gasteiger charge is 2.22. The van der Waals surface area contributed by atoms with Crippen molar-refractivity contribution in [2.24, 2.45) is 0 Å². The van der Waals surface area contributed by atoms with Crippen molar-refractivity contribution < 1.29 is 18.0 Å². The van der Waals surface area contributed by atoms with E-state index in [0.29, 0.717) is 11.6 Å². The van der Waals surface area contributed by atoms with Gasteiger partial charge in [0.15, 0.2) is 14.9 Å². The highest BCUT2D eigenvalue weighted by molar-refractivity contribution is 7.90. The van der Waals surface area contributed by atoms with E-state index in [9.17, 15) is 8.42 Å². The van der Waals surface area contributed by atoms with Crippen LogP contribution in [-0.4, -0.2) is 24.6 Å². The van der Waals surface area contributed by atoms with Gasteiger partial charge in [-0.3, -0.25) is 4.84 Å². The Kier molecular flexibility index (Phi) is 4.65. The molecule has 0 spiro atoms. The number of ether oxygens (including phenoxy) is 1. The molecule has 0 amide bonds. The molecule has 0 saturated heterocycles. The van der Waals surface area contributed by atoms with E-state index >= 15 is 0 Å². The van der Waals surface area contributed by atoms with Crippen LogP contribution in [0.4, 0.5) is 0 Å². The molecular formula is C18H15N3O4S2. The van der Waals surface area contributed by atoms with Gasteiger partial charge in [0, 0.05) is 24.1 Å². The summed E-state index contributed by atoms with van der Waals surface area (Å²) in [5.41, 5.74) is 3.77. The van der Waals surface area contributed by atoms with Gasteiger partial charge in [0.1, 0.15) is 16.9 Å². The maximum absolute atomic E-state index is 11.4. The van der Waals surface area contributed by atoms with E-state index in [1.54, 1.807) is 29.7 Å². The maximum Gasteiger partial charge on any atom is 0.216 e. The van der Waals surface area contributed by atoms with Gasteiger partial charge >= 0.3 is 0 Å². The zero-order valence-corrected chi connectivity index (χ0v) is 15.8. The van der Waals surface area contributed by atoms with E-state index in [-0.39, 0.29) is 11.1 Å². The second-order valence-electron chi connectivity index (χ2n) is 5.81. The van der Waals surface area contributed by atoms with E-state index in [2.05, 4.69) is 15.4 Å². The lowest BCUT2D eigenvalue weighted by Gasteiger charge is -2.06. The first-order valence-electron chi connectivity index (χ1n) is 7.98. The molecule has 0 bridgehead atoms. The summed E-state index contributed by atoms with van der Waals surface area (Å²) < 4.78 is 28.5. The third-order valence-corrected chi connectivity index (χ3v) is 5.84. The Balaban J connectivity index is 1.47. The molecule has 1 N–H and O–H groups in total. The third kappa shape index (κ3) is 4.00. The normalized spacial score (nSPS) is 16.6. The first-order valence-corrected chi connectivity index (χ1v) is 10.7. The monoisotopic (exact) mass is 401 g/mol. The van der Waals surface area contributed by atoms with Crippen molar-refractivity contribution in [1.82, 2.24) is 15.4 Å². The maximum atomic E-state index is 11.4. The number of nitrogens with one attached hydrogen (secondary N) is 1. The first kappa shape index (κ1) is 17.7. The summed E-state index contributed by atoms with van der Waals surface area (Å²) in [6, 6.07) is 12.9. The number of nitrogens with zero attached hydrogens (tertiary/aromatic N) is 2. The third-order valence-electron chi connectivity index (χ3n) is 3.73. The average molecular weight is 401 g/mol. The molecule has 1 aliphatic heterocycles. The fourth-order valence-corrected chi connectivity index (χ4v) is 3.91. The molecule has 4 rings (SSSR count). The van der Waals surface area contributed by atoms with Crippen LogP contribution in [-0.2, 0) is 14.7 Å². The van der Waals surface area contributed by atoms with Crippen LogP contribution in [0, 0.1) is 0 Å². The highest BCUT2D eigenvalue weighted by Crippen LogP contribution is 2.33. The number of rotatable bonds is 5. The lowest BCUT2D eigenvalue weighted by Crippen LogP contribution is -2.12. The van der Waals surface area contributed by atoms with Gasteiger partial charge in [0.25, 0.3) is 0 Å². The van der Waals surface area contributed by atoms with Gasteiger partial charge in [-0.15, -0.1) is 11.3 Å². The van der Waals surface area contributed by atoms with Crippen LogP contribution in [0.25, 0.3) is 10.6 Å². The number of aromatic nitrogens is 2. The van der Waals surface area contributed by atoms with Gasteiger partial charge < -0.3 is 4.74 Å². The summed E-state index contributed by atoms with van der Waals surface area (Å²) in [6.45, 7) is 0. The van der Waals surface area contributed by atoms with Crippen LogP contribution in [0.1, 0.15) is 11.0 Å². The summed E-state index contributed by atoms with van der Waals surface area (Å²) in [4.78, 5) is 14.8. The standard InChI is InChI=1S/C18H15N3O4S2/c1-27(22,23)17-8-7-13(10-19-17)24-16-9-14(25-21-16)15-11-20-18(26-15)12-5-3-2-4-6-12/h2-11,14,21H,1H3/t14-/m1/s1. The molecule has 0 fully saturated rings. The molecule has 9 heteroatoms. The number of benzene rings is 1. The molecule has 0 radical (unpaired) electrons. The van der Waals surface area contributed by atoms with Crippen molar-refractivity contribution in [3.05, 3.63) is 71.7 Å². The van der Waals surface area contributed by atoms with Crippen LogP contribution in [0.2, 0.25) is 0 Å². The quantitative estimate of drug-likeness (QED) is 0.702. The Labute approximate surface area is 160 Å². The summed E-state index contributed by atoms with van der Waals surface area (Å²) in [7, 11) is -3.34. The number of thiazole rings is 1. The number of sulfone groups is 1. The number of hydrogen-bond donors (Lipinski definition) is 1. The second kappa shape index (κ2) is 7.10. The van der Waals surface area contributed by atoms with Crippen molar-refractivity contribution in [1.29, 1.82) is 0 Å². The predicted octanol–water partition coefficient (Wildman–Crippen LogP) is 3.10. The molecule has 7 nitrogen and oxygen atoms in total. The van der Waals surface area contributed by atoms with E-state index in [1.807, 2.05) is 30.3 Å². The molecule has 3 aromatic rings. The number of pyridine rings is 1. The van der Waals surface area contributed by atoms with Gasteiger partial charge in [-0.1, -0.05) is 30.3 Å². The smallest absolute Gasteiger partial charge is 0.216 e. The molecular weight excluding hydrogens is 386 g/mol. The number of hydroxylamine groups is 1. The summed E-state index contributed by atoms with van der Waals surface area (Å²) in [5, 5.41) is 0.910. The molecule has 3 heterocycles. The Hall–Kier alpha value is -2.75. The Morgan fingerprint density at radius 1 is 1.11 bits per heavy atom. The van der Waals surface area contributed by atoms with Gasteiger partial charge in [-0.25, -0.2) is 23.9 Å². The fraction of sp³-hybridized carbons (Fsp3) is 0.111. The van der Waals surface area contributed by atoms with Gasteiger partial charge in [0.05, 0.1) is 11.1 Å². The van der Waals surface area contributed by atoms with Crippen LogP contribution >= 0.6 is 11.3 Å². The Morgan fingerprint density at radius 2 is 1.93 bits per heavy atom. The number of hydrogen-bond acceptors (Lipinski definition) is 8. The van der Waals surface area contributed by atoms with Crippen molar-refractivity contribution in [2.45, 2.75) is 11.1 Å². The van der Waals surface area contributed by atoms with E-state index in [1.165, 1.54) is 12.3 Å². The second-order valence-corrected chi connectivity index (χ2v) is 8.84. The van der Waals surface area contributed by atoms with Gasteiger partial charge in [0.2, 0.25) is 5.88 Å². The first-order chi connectivity index (χ1) is 13.0. The predicted molar refractivity (Wildman–Crippen MR) is 101 cm³/mol. The van der Waals surface area contributed by atoms with Crippen molar-refractivity contribution >= 4 is 21.2 Å². The van der Waals surface area contributed by atoms with Crippen LogP contribution in [0.3, 0.4) is 0 Å². The topological polar surface area (TPSA) is 90.4 Å². The lowest BCUT2D eigenvalue weighted by atomic mass is 10.2. The molecule has 0 saturated carbocycles. The molecule has 27 heavy (non-hydrogen) atoms. The zero-order valence-electron chi connectivity index (χ0n) is 14.2. The average Bonchev–Trinajstić information content (AvgIpc) is 3.31. The molecule has 1 atom stereocenters.